The Kier molecular flexibility index (Phi) is 5.42. The summed E-state index contributed by atoms with van der Waals surface area (Å²) in [5.74, 6) is 0.659. The zero-order valence-corrected chi connectivity index (χ0v) is 9.67. The third kappa shape index (κ3) is 3.57. The molecule has 88 valence electrons. The molecule has 16 heavy (non-hydrogen) atoms. The Balaban J connectivity index is 2.67. The van der Waals surface area contributed by atoms with Crippen LogP contribution in [0.25, 0.3) is 0 Å². The lowest BCUT2D eigenvalue weighted by Gasteiger charge is -2.11. The van der Waals surface area contributed by atoms with E-state index in [1.54, 1.807) is 0 Å². The molecule has 0 aliphatic carbocycles. The van der Waals surface area contributed by atoms with E-state index in [9.17, 15) is 0 Å². The van der Waals surface area contributed by atoms with Crippen molar-refractivity contribution in [2.45, 2.75) is 32.9 Å². The van der Waals surface area contributed by atoms with Crippen LogP contribution in [0.4, 0.5) is 0 Å². The summed E-state index contributed by atoms with van der Waals surface area (Å²) in [6.07, 6.45) is 1.30. The van der Waals surface area contributed by atoms with Crippen molar-refractivity contribution in [1.29, 1.82) is 0 Å². The van der Waals surface area contributed by atoms with E-state index >= 15 is 0 Å². The van der Waals surface area contributed by atoms with Gasteiger partial charge in [-0.25, -0.2) is 0 Å². The van der Waals surface area contributed by atoms with Crippen LogP contribution in [-0.2, 0) is 6.42 Å². The molecule has 0 fully saturated rings. The van der Waals surface area contributed by atoms with Gasteiger partial charge in [0.2, 0.25) is 0 Å². The molecule has 0 saturated carbocycles. The maximum absolute atomic E-state index is 8.60. The van der Waals surface area contributed by atoms with Crippen LogP contribution in [0.2, 0.25) is 0 Å². The molecule has 0 aromatic heterocycles. The molecule has 1 rings (SSSR count). The van der Waals surface area contributed by atoms with Gasteiger partial charge in [-0.3, -0.25) is 10.4 Å². The minimum atomic E-state index is -0.891. The van der Waals surface area contributed by atoms with Crippen LogP contribution in [0.15, 0.2) is 24.3 Å². The van der Waals surface area contributed by atoms with Gasteiger partial charge in [-0.2, -0.15) is 0 Å². The molecule has 4 nitrogen and oxygen atoms in total. The molecule has 4 heteroatoms. The fourth-order valence-corrected chi connectivity index (χ4v) is 1.53. The highest BCUT2D eigenvalue weighted by molar-refractivity contribution is 5.24. The van der Waals surface area contributed by atoms with Gasteiger partial charge < -0.3 is 0 Å². The average molecular weight is 222 g/mol. The van der Waals surface area contributed by atoms with E-state index in [2.05, 4.69) is 24.8 Å². The van der Waals surface area contributed by atoms with Gasteiger partial charge in [0.15, 0.2) is 6.17 Å². The van der Waals surface area contributed by atoms with E-state index in [4.69, 9.17) is 10.4 Å². The van der Waals surface area contributed by atoms with E-state index in [-0.39, 0.29) is 0 Å². The third-order valence-electron chi connectivity index (χ3n) is 2.78. The minimum Gasteiger partial charge on any atom is -0.295 e. The summed E-state index contributed by atoms with van der Waals surface area (Å²) in [6.45, 7) is 4.38. The Hall–Kier alpha value is -0.940. The van der Waals surface area contributed by atoms with Gasteiger partial charge in [-0.05, 0) is 23.5 Å². The standard InChI is InChI=1S/C12H18N2O2/c1-3-9(2)8-10-4-6-11(7-5-10)12(13-15)14-16/h4-7,9,12,15-16H,3,8H2,1-2H3. The second-order valence-electron chi connectivity index (χ2n) is 4.06. The Bertz CT molecular complexity index is 296. The van der Waals surface area contributed by atoms with Gasteiger partial charge in [0, 0.05) is 0 Å². The molecular formula is C12H18N2O2. The lowest BCUT2D eigenvalue weighted by molar-refractivity contribution is 0.0124. The van der Waals surface area contributed by atoms with Gasteiger partial charge in [0.1, 0.15) is 0 Å². The molecule has 0 heterocycles. The zero-order valence-electron chi connectivity index (χ0n) is 9.67. The van der Waals surface area contributed by atoms with Crippen molar-refractivity contribution < 1.29 is 10.4 Å². The Morgan fingerprint density at radius 2 is 1.69 bits per heavy atom. The molecule has 0 amide bonds. The smallest absolute Gasteiger partial charge is 0.172 e. The molecule has 0 aliphatic rings. The molecular weight excluding hydrogens is 204 g/mol. The molecule has 2 N–H and O–H groups in total. The first-order chi connectivity index (χ1) is 7.71. The molecule has 0 saturated heterocycles. The first-order valence-electron chi connectivity index (χ1n) is 5.48. The fourth-order valence-electron chi connectivity index (χ4n) is 1.53. The average Bonchev–Trinajstić information content (AvgIpc) is 2.32. The van der Waals surface area contributed by atoms with Crippen molar-refractivity contribution in [2.24, 2.45) is 5.92 Å². The first kappa shape index (κ1) is 13.1. The summed E-state index contributed by atoms with van der Waals surface area (Å²) in [5.41, 5.74) is 7.86. The molecule has 0 aliphatic heterocycles. The second kappa shape index (κ2) is 6.60. The van der Waals surface area contributed by atoms with Crippen LogP contribution >= 0.6 is 0 Å². The van der Waals surface area contributed by atoms with Crippen LogP contribution < -0.4 is 11.0 Å². The van der Waals surface area contributed by atoms with Crippen molar-refractivity contribution in [2.75, 3.05) is 0 Å². The first-order valence-corrected chi connectivity index (χ1v) is 5.48. The number of hydrogen-bond donors (Lipinski definition) is 2. The molecule has 0 spiro atoms. The maximum atomic E-state index is 8.60. The van der Waals surface area contributed by atoms with E-state index in [1.165, 1.54) is 5.56 Å². The number of hydroxylamine groups is 2. The fraction of sp³-hybridized carbons (Fsp3) is 0.500. The van der Waals surface area contributed by atoms with Crippen LogP contribution in [0.5, 0.6) is 0 Å². The quantitative estimate of drug-likeness (QED) is 0.725. The lowest BCUT2D eigenvalue weighted by Crippen LogP contribution is -2.19. The highest BCUT2D eigenvalue weighted by atomic mass is 16.5. The summed E-state index contributed by atoms with van der Waals surface area (Å²) in [7, 11) is 0. The third-order valence-corrected chi connectivity index (χ3v) is 2.78. The molecule has 1 aromatic carbocycles. The largest absolute Gasteiger partial charge is 0.295 e. The second-order valence-corrected chi connectivity index (χ2v) is 4.06. The van der Waals surface area contributed by atoms with Gasteiger partial charge in [-0.1, -0.05) is 55.5 Å². The molecule has 0 bridgehead atoms. The predicted octanol–water partition coefficient (Wildman–Crippen LogP) is 2.26. The SMILES string of the molecule is CCC(C)Cc1ccc(C([N]O)[N]O)cc1. The van der Waals surface area contributed by atoms with Crippen molar-refractivity contribution >= 4 is 0 Å². The maximum Gasteiger partial charge on any atom is 0.172 e. The Labute approximate surface area is 96.2 Å². The van der Waals surface area contributed by atoms with Crippen molar-refractivity contribution in [1.82, 2.24) is 11.0 Å². The van der Waals surface area contributed by atoms with Crippen LogP contribution in [0.1, 0.15) is 37.6 Å². The van der Waals surface area contributed by atoms with Crippen LogP contribution in [0.3, 0.4) is 0 Å². The number of hydrogen-bond acceptors (Lipinski definition) is 2. The van der Waals surface area contributed by atoms with Crippen LogP contribution in [-0.4, -0.2) is 10.4 Å². The van der Waals surface area contributed by atoms with E-state index in [0.29, 0.717) is 11.5 Å². The summed E-state index contributed by atoms with van der Waals surface area (Å²) in [5, 5.41) is 17.2. The highest BCUT2D eigenvalue weighted by Gasteiger charge is 2.11. The lowest BCUT2D eigenvalue weighted by atomic mass is 9.98. The summed E-state index contributed by atoms with van der Waals surface area (Å²) < 4.78 is 0. The van der Waals surface area contributed by atoms with Gasteiger partial charge in [-0.15, -0.1) is 0 Å². The van der Waals surface area contributed by atoms with Gasteiger partial charge >= 0.3 is 0 Å². The molecule has 2 radical (unpaired) electrons. The van der Waals surface area contributed by atoms with E-state index < -0.39 is 6.17 Å². The molecule has 1 atom stereocenters. The van der Waals surface area contributed by atoms with Crippen molar-refractivity contribution in [3.63, 3.8) is 0 Å². The Morgan fingerprint density at radius 1 is 1.12 bits per heavy atom. The Morgan fingerprint density at radius 3 is 2.12 bits per heavy atom. The van der Waals surface area contributed by atoms with Crippen molar-refractivity contribution in [3.8, 4) is 0 Å². The van der Waals surface area contributed by atoms with Crippen molar-refractivity contribution in [3.05, 3.63) is 35.4 Å². The number of rotatable bonds is 6. The molecule has 1 unspecified atom stereocenters. The van der Waals surface area contributed by atoms with E-state index in [0.717, 1.165) is 12.8 Å². The molecule has 1 aromatic rings. The monoisotopic (exact) mass is 222 g/mol. The summed E-state index contributed by atoms with van der Waals surface area (Å²) >= 11 is 0. The topological polar surface area (TPSA) is 68.7 Å². The van der Waals surface area contributed by atoms with E-state index in [1.807, 2.05) is 24.3 Å². The normalized spacial score (nSPS) is 13.1. The summed E-state index contributed by atoms with van der Waals surface area (Å²) in [6, 6.07) is 7.60. The number of benzene rings is 1. The van der Waals surface area contributed by atoms with Crippen LogP contribution in [0, 0.1) is 5.92 Å². The highest BCUT2D eigenvalue weighted by Crippen LogP contribution is 2.16. The summed E-state index contributed by atoms with van der Waals surface area (Å²) in [4.78, 5) is 0. The zero-order chi connectivity index (χ0) is 12.0. The minimum absolute atomic E-state index is 0.659. The van der Waals surface area contributed by atoms with Gasteiger partial charge in [0.25, 0.3) is 0 Å². The number of nitrogens with zero attached hydrogens (tertiary/aromatic N) is 2. The van der Waals surface area contributed by atoms with Gasteiger partial charge in [0.05, 0.1) is 0 Å². The predicted molar refractivity (Wildman–Crippen MR) is 60.2 cm³/mol.